The zero-order valence-corrected chi connectivity index (χ0v) is 9.74. The average Bonchev–Trinajstić information content (AvgIpc) is 2.77. The van der Waals surface area contributed by atoms with Gasteiger partial charge in [-0.3, -0.25) is 5.41 Å². The highest BCUT2D eigenvalue weighted by Gasteiger charge is 2.24. The summed E-state index contributed by atoms with van der Waals surface area (Å²) in [6.07, 6.45) is 1.13. The van der Waals surface area contributed by atoms with E-state index < -0.39 is 0 Å². The van der Waals surface area contributed by atoms with Crippen molar-refractivity contribution >= 4 is 11.5 Å². The fourth-order valence-corrected chi connectivity index (χ4v) is 2.14. The van der Waals surface area contributed by atoms with Crippen LogP contribution in [0.2, 0.25) is 0 Å². The predicted octanol–water partition coefficient (Wildman–Crippen LogP) is 1.33. The molecular weight excluding hydrogens is 221 g/mol. The van der Waals surface area contributed by atoms with Crippen LogP contribution in [0.15, 0.2) is 18.2 Å². The third-order valence-electron chi connectivity index (χ3n) is 3.07. The molecule has 2 rings (SSSR count). The third kappa shape index (κ3) is 2.39. The number of hydrogen-bond donors (Lipinski definition) is 2. The van der Waals surface area contributed by atoms with E-state index in [1.165, 1.54) is 12.1 Å². The molecule has 1 fully saturated rings. The molecule has 0 aromatic heterocycles. The van der Waals surface area contributed by atoms with Crippen molar-refractivity contribution in [1.29, 1.82) is 5.41 Å². The van der Waals surface area contributed by atoms with Crippen LogP contribution in [0.25, 0.3) is 0 Å². The summed E-state index contributed by atoms with van der Waals surface area (Å²) in [5, 5.41) is 7.49. The van der Waals surface area contributed by atoms with E-state index >= 15 is 0 Å². The lowest BCUT2D eigenvalue weighted by Crippen LogP contribution is -2.25. The van der Waals surface area contributed by atoms with Crippen LogP contribution in [0.1, 0.15) is 12.0 Å². The van der Waals surface area contributed by atoms with Crippen molar-refractivity contribution in [3.05, 3.63) is 29.6 Å². The lowest BCUT2D eigenvalue weighted by Gasteiger charge is -2.21. The molecule has 17 heavy (non-hydrogen) atoms. The maximum atomic E-state index is 13.1. The second-order valence-corrected chi connectivity index (χ2v) is 4.17. The van der Waals surface area contributed by atoms with Crippen LogP contribution in [-0.2, 0) is 4.74 Å². The van der Waals surface area contributed by atoms with E-state index in [-0.39, 0.29) is 17.8 Å². The summed E-state index contributed by atoms with van der Waals surface area (Å²) in [4.78, 5) is 2.07. The summed E-state index contributed by atoms with van der Waals surface area (Å²) in [5.74, 6) is -0.484. The Hall–Kier alpha value is -1.62. The second-order valence-electron chi connectivity index (χ2n) is 4.17. The average molecular weight is 237 g/mol. The van der Waals surface area contributed by atoms with Crippen LogP contribution in [0.4, 0.5) is 10.1 Å². The van der Waals surface area contributed by atoms with Gasteiger partial charge in [0, 0.05) is 31.5 Å². The Morgan fingerprint density at radius 1 is 1.59 bits per heavy atom. The van der Waals surface area contributed by atoms with Crippen LogP contribution in [0, 0.1) is 11.2 Å². The van der Waals surface area contributed by atoms with Crippen molar-refractivity contribution in [2.75, 3.05) is 25.1 Å². The number of ether oxygens (including phenoxy) is 1. The molecule has 5 heteroatoms. The van der Waals surface area contributed by atoms with Crippen molar-refractivity contribution in [1.82, 2.24) is 0 Å². The van der Waals surface area contributed by atoms with Crippen LogP contribution >= 0.6 is 0 Å². The number of methoxy groups -OCH3 is 1. The fraction of sp³-hybridized carbons (Fsp3) is 0.417. The molecule has 0 saturated carbocycles. The topological polar surface area (TPSA) is 62.3 Å². The Morgan fingerprint density at radius 2 is 2.35 bits per heavy atom. The number of benzene rings is 1. The summed E-state index contributed by atoms with van der Waals surface area (Å²) in [7, 11) is 1.69. The molecule has 92 valence electrons. The molecule has 1 aromatic rings. The van der Waals surface area contributed by atoms with Crippen molar-refractivity contribution in [3.8, 4) is 0 Å². The van der Waals surface area contributed by atoms with Crippen molar-refractivity contribution in [3.63, 3.8) is 0 Å². The Bertz CT molecular complexity index is 436. The lowest BCUT2D eigenvalue weighted by atomic mass is 10.1. The molecule has 0 amide bonds. The van der Waals surface area contributed by atoms with Gasteiger partial charge >= 0.3 is 0 Å². The highest BCUT2D eigenvalue weighted by molar-refractivity contribution is 6.00. The minimum Gasteiger partial charge on any atom is -0.384 e. The van der Waals surface area contributed by atoms with Crippen LogP contribution < -0.4 is 10.6 Å². The predicted molar refractivity (Wildman–Crippen MR) is 65.0 cm³/mol. The van der Waals surface area contributed by atoms with Gasteiger partial charge in [-0.05, 0) is 24.6 Å². The molecule has 1 aliphatic heterocycles. The highest BCUT2D eigenvalue weighted by atomic mass is 19.1. The molecule has 0 radical (unpaired) electrons. The molecule has 4 nitrogen and oxygen atoms in total. The van der Waals surface area contributed by atoms with Gasteiger partial charge in [0.05, 0.1) is 6.10 Å². The largest absolute Gasteiger partial charge is 0.384 e. The van der Waals surface area contributed by atoms with Crippen LogP contribution in [0.3, 0.4) is 0 Å². The van der Waals surface area contributed by atoms with Crippen molar-refractivity contribution < 1.29 is 9.13 Å². The third-order valence-corrected chi connectivity index (χ3v) is 3.07. The number of halogens is 1. The molecule has 0 bridgehead atoms. The van der Waals surface area contributed by atoms with Gasteiger partial charge in [-0.15, -0.1) is 0 Å². The van der Waals surface area contributed by atoms with Gasteiger partial charge in [-0.25, -0.2) is 4.39 Å². The van der Waals surface area contributed by atoms with E-state index in [9.17, 15) is 4.39 Å². The lowest BCUT2D eigenvalue weighted by molar-refractivity contribution is 0.121. The van der Waals surface area contributed by atoms with E-state index in [0.29, 0.717) is 5.56 Å². The maximum absolute atomic E-state index is 13.1. The highest BCUT2D eigenvalue weighted by Crippen LogP contribution is 2.26. The Balaban J connectivity index is 2.29. The fourth-order valence-electron chi connectivity index (χ4n) is 2.14. The first-order chi connectivity index (χ1) is 8.11. The first-order valence-corrected chi connectivity index (χ1v) is 5.53. The molecule has 3 N–H and O–H groups in total. The van der Waals surface area contributed by atoms with Crippen molar-refractivity contribution in [2.24, 2.45) is 5.73 Å². The second kappa shape index (κ2) is 4.71. The summed E-state index contributed by atoms with van der Waals surface area (Å²) in [5.41, 5.74) is 6.73. The minimum absolute atomic E-state index is 0.111. The molecule has 1 atom stereocenters. The number of rotatable bonds is 3. The number of nitrogens with one attached hydrogen (secondary N) is 1. The molecule has 1 aliphatic rings. The number of nitrogen functional groups attached to an aromatic ring is 1. The smallest absolute Gasteiger partial charge is 0.125 e. The number of hydrogen-bond acceptors (Lipinski definition) is 3. The standard InChI is InChI=1S/C12H16FN3O/c1-17-9-4-5-16(7-9)11-3-2-8(13)6-10(11)12(14)15/h2-3,6,9H,4-5,7H2,1H3,(H3,14,15). The minimum atomic E-state index is -0.374. The van der Waals surface area contributed by atoms with Gasteiger partial charge in [0.25, 0.3) is 0 Å². The number of nitrogens with zero attached hydrogens (tertiary/aromatic N) is 1. The van der Waals surface area contributed by atoms with Gasteiger partial charge in [0.1, 0.15) is 11.7 Å². The monoisotopic (exact) mass is 237 g/mol. The molecule has 1 unspecified atom stereocenters. The van der Waals surface area contributed by atoms with Gasteiger partial charge < -0.3 is 15.4 Å². The van der Waals surface area contributed by atoms with E-state index in [1.54, 1.807) is 13.2 Å². The van der Waals surface area contributed by atoms with Gasteiger partial charge in [-0.2, -0.15) is 0 Å². The number of nitrogens with two attached hydrogens (primary N) is 1. The molecule has 0 spiro atoms. The zero-order chi connectivity index (χ0) is 12.4. The summed E-state index contributed by atoms with van der Waals surface area (Å²) in [6, 6.07) is 4.36. The molecule has 0 aliphatic carbocycles. The first kappa shape index (κ1) is 11.9. The quantitative estimate of drug-likeness (QED) is 0.616. The maximum Gasteiger partial charge on any atom is 0.125 e. The van der Waals surface area contributed by atoms with Crippen LogP contribution in [0.5, 0.6) is 0 Å². The summed E-state index contributed by atoms with van der Waals surface area (Å²) < 4.78 is 18.4. The molecule has 1 saturated heterocycles. The van der Waals surface area contributed by atoms with Gasteiger partial charge in [0.15, 0.2) is 0 Å². The van der Waals surface area contributed by atoms with Gasteiger partial charge in [-0.1, -0.05) is 0 Å². The normalized spacial score (nSPS) is 19.6. The SMILES string of the molecule is COC1CCN(c2ccc(F)cc2C(=N)N)C1. The number of amidine groups is 1. The zero-order valence-electron chi connectivity index (χ0n) is 9.74. The van der Waals surface area contributed by atoms with E-state index in [1.807, 2.05) is 0 Å². The molecular formula is C12H16FN3O. The van der Waals surface area contributed by atoms with E-state index in [2.05, 4.69) is 4.90 Å². The first-order valence-electron chi connectivity index (χ1n) is 5.53. The van der Waals surface area contributed by atoms with E-state index in [0.717, 1.165) is 25.2 Å². The molecule has 1 aromatic carbocycles. The Kier molecular flexibility index (Phi) is 3.28. The Labute approximate surface area is 99.7 Å². The Morgan fingerprint density at radius 3 is 2.94 bits per heavy atom. The van der Waals surface area contributed by atoms with Crippen LogP contribution in [-0.4, -0.2) is 32.1 Å². The van der Waals surface area contributed by atoms with Crippen molar-refractivity contribution in [2.45, 2.75) is 12.5 Å². The molecule has 1 heterocycles. The summed E-state index contributed by atoms with van der Waals surface area (Å²) >= 11 is 0. The number of anilines is 1. The van der Waals surface area contributed by atoms with Gasteiger partial charge in [0.2, 0.25) is 0 Å². The van der Waals surface area contributed by atoms with E-state index in [4.69, 9.17) is 15.9 Å². The summed E-state index contributed by atoms with van der Waals surface area (Å²) in [6.45, 7) is 1.59.